The number of rotatable bonds is 4. The molecule has 0 heterocycles. The molecule has 0 bridgehead atoms. The molecule has 0 unspecified atom stereocenters. The summed E-state index contributed by atoms with van der Waals surface area (Å²) in [4.78, 5) is 11.9. The van der Waals surface area contributed by atoms with Crippen molar-refractivity contribution >= 4 is 44.8 Å². The van der Waals surface area contributed by atoms with Crippen molar-refractivity contribution in [3.63, 3.8) is 0 Å². The Kier molecular flexibility index (Phi) is 5.09. The lowest BCUT2D eigenvalue weighted by molar-refractivity contribution is -0.118. The van der Waals surface area contributed by atoms with Crippen molar-refractivity contribution in [2.75, 3.05) is 17.7 Å². The molecule has 0 saturated heterocycles. The third kappa shape index (κ3) is 4.37. The number of carbonyl (C=O) groups excluding carboxylic acids is 1. The number of benzene rings is 2. The monoisotopic (exact) mass is 368 g/mol. The second-order valence-corrected chi connectivity index (χ2v) is 5.77. The van der Waals surface area contributed by atoms with E-state index in [1.165, 1.54) is 0 Å². The minimum Gasteiger partial charge on any atom is -0.482 e. The van der Waals surface area contributed by atoms with E-state index in [9.17, 15) is 4.79 Å². The van der Waals surface area contributed by atoms with Crippen LogP contribution in [0.1, 0.15) is 5.56 Å². The Morgan fingerprint density at radius 3 is 2.81 bits per heavy atom. The van der Waals surface area contributed by atoms with E-state index in [1.807, 2.05) is 13.0 Å². The van der Waals surface area contributed by atoms with Crippen molar-refractivity contribution in [2.24, 2.45) is 0 Å². The van der Waals surface area contributed by atoms with Crippen LogP contribution < -0.4 is 15.8 Å². The lowest BCUT2D eigenvalue weighted by atomic mass is 10.2. The Morgan fingerprint density at radius 1 is 1.33 bits per heavy atom. The third-order valence-electron chi connectivity index (χ3n) is 2.71. The Balaban J connectivity index is 1.97. The zero-order valence-electron chi connectivity index (χ0n) is 11.3. The highest BCUT2D eigenvalue weighted by atomic mass is 79.9. The van der Waals surface area contributed by atoms with Gasteiger partial charge in [-0.1, -0.05) is 17.7 Å². The molecule has 3 N–H and O–H groups in total. The summed E-state index contributed by atoms with van der Waals surface area (Å²) in [6.07, 6.45) is 0. The van der Waals surface area contributed by atoms with Crippen LogP contribution in [0.25, 0.3) is 0 Å². The van der Waals surface area contributed by atoms with E-state index >= 15 is 0 Å². The van der Waals surface area contributed by atoms with Gasteiger partial charge in [-0.3, -0.25) is 4.79 Å². The second kappa shape index (κ2) is 6.83. The number of halogens is 2. The van der Waals surface area contributed by atoms with E-state index in [4.69, 9.17) is 22.1 Å². The highest BCUT2D eigenvalue weighted by molar-refractivity contribution is 9.10. The molecule has 2 rings (SSSR count). The van der Waals surface area contributed by atoms with Crippen molar-refractivity contribution in [3.05, 3.63) is 51.5 Å². The molecule has 0 radical (unpaired) electrons. The fraction of sp³-hybridized carbons (Fsp3) is 0.133. The highest BCUT2D eigenvalue weighted by Gasteiger charge is 2.08. The smallest absolute Gasteiger partial charge is 0.262 e. The molecule has 1 amide bonds. The molecule has 21 heavy (non-hydrogen) atoms. The van der Waals surface area contributed by atoms with Crippen LogP contribution in [-0.4, -0.2) is 12.5 Å². The largest absolute Gasteiger partial charge is 0.482 e. The summed E-state index contributed by atoms with van der Waals surface area (Å²) in [5, 5.41) is 3.21. The quantitative estimate of drug-likeness (QED) is 0.800. The van der Waals surface area contributed by atoms with Crippen LogP contribution in [0.5, 0.6) is 5.75 Å². The van der Waals surface area contributed by atoms with Gasteiger partial charge in [0.2, 0.25) is 0 Å². The highest BCUT2D eigenvalue weighted by Crippen LogP contribution is 2.26. The van der Waals surface area contributed by atoms with Gasteiger partial charge in [0.25, 0.3) is 5.91 Å². The normalized spacial score (nSPS) is 10.2. The Labute approximate surface area is 136 Å². The average Bonchev–Trinajstić information content (AvgIpc) is 2.43. The number of hydrogen-bond donors (Lipinski definition) is 2. The first kappa shape index (κ1) is 15.7. The van der Waals surface area contributed by atoms with E-state index in [0.717, 1.165) is 5.56 Å². The van der Waals surface area contributed by atoms with Gasteiger partial charge in [-0.25, -0.2) is 0 Å². The van der Waals surface area contributed by atoms with Crippen molar-refractivity contribution in [1.29, 1.82) is 0 Å². The standard InChI is InChI=1S/C15H14BrClN2O2/c1-9-2-4-12(17)14(6-9)21-8-15(20)19-13-5-3-10(18)7-11(13)16/h2-7H,8,18H2,1H3,(H,19,20). The van der Waals surface area contributed by atoms with Crippen LogP contribution in [-0.2, 0) is 4.79 Å². The predicted octanol–water partition coefficient (Wildman–Crippen LogP) is 4.01. The number of amides is 1. The molecule has 110 valence electrons. The SMILES string of the molecule is Cc1ccc(Cl)c(OCC(=O)Nc2ccc(N)cc2Br)c1. The fourth-order valence-corrected chi connectivity index (χ4v) is 2.35. The van der Waals surface area contributed by atoms with Gasteiger partial charge in [0.05, 0.1) is 10.7 Å². The molecule has 0 aliphatic carbocycles. The van der Waals surface area contributed by atoms with Gasteiger partial charge in [-0.15, -0.1) is 0 Å². The molecular weight excluding hydrogens is 356 g/mol. The molecule has 0 saturated carbocycles. The van der Waals surface area contributed by atoms with Gasteiger partial charge in [-0.05, 0) is 58.7 Å². The topological polar surface area (TPSA) is 64.3 Å². The molecule has 0 aliphatic rings. The maximum absolute atomic E-state index is 11.9. The number of nitrogens with one attached hydrogen (secondary N) is 1. The lowest BCUT2D eigenvalue weighted by Crippen LogP contribution is -2.20. The lowest BCUT2D eigenvalue weighted by Gasteiger charge is -2.10. The minimum absolute atomic E-state index is 0.125. The van der Waals surface area contributed by atoms with E-state index in [0.29, 0.717) is 26.6 Å². The van der Waals surface area contributed by atoms with Crippen molar-refractivity contribution in [3.8, 4) is 5.75 Å². The first-order valence-corrected chi connectivity index (χ1v) is 7.36. The van der Waals surface area contributed by atoms with Gasteiger partial charge in [0.15, 0.2) is 6.61 Å². The zero-order valence-corrected chi connectivity index (χ0v) is 13.7. The molecule has 6 heteroatoms. The van der Waals surface area contributed by atoms with Crippen LogP contribution in [0.4, 0.5) is 11.4 Å². The first-order chi connectivity index (χ1) is 9.95. The van der Waals surface area contributed by atoms with Crippen LogP contribution >= 0.6 is 27.5 Å². The van der Waals surface area contributed by atoms with Crippen LogP contribution in [0, 0.1) is 6.92 Å². The number of hydrogen-bond acceptors (Lipinski definition) is 3. The summed E-state index contributed by atoms with van der Waals surface area (Å²) < 4.78 is 6.14. The Bertz CT molecular complexity index is 677. The van der Waals surface area contributed by atoms with Crippen molar-refractivity contribution < 1.29 is 9.53 Å². The summed E-state index contributed by atoms with van der Waals surface area (Å²) in [5.41, 5.74) is 7.90. The summed E-state index contributed by atoms with van der Waals surface area (Å²) in [6, 6.07) is 10.5. The van der Waals surface area contributed by atoms with Gasteiger partial charge >= 0.3 is 0 Å². The number of aryl methyl sites for hydroxylation is 1. The molecule has 0 fully saturated rings. The Morgan fingerprint density at radius 2 is 2.10 bits per heavy atom. The maximum atomic E-state index is 11.9. The molecule has 0 atom stereocenters. The summed E-state index contributed by atoms with van der Waals surface area (Å²) in [5.74, 6) is 0.209. The predicted molar refractivity (Wildman–Crippen MR) is 88.9 cm³/mol. The van der Waals surface area contributed by atoms with Crippen LogP contribution in [0.2, 0.25) is 5.02 Å². The molecule has 0 aromatic heterocycles. The molecule has 0 spiro atoms. The van der Waals surface area contributed by atoms with Crippen LogP contribution in [0.15, 0.2) is 40.9 Å². The number of anilines is 2. The maximum Gasteiger partial charge on any atom is 0.262 e. The zero-order chi connectivity index (χ0) is 15.4. The number of ether oxygens (including phenoxy) is 1. The molecular formula is C15H14BrClN2O2. The summed E-state index contributed by atoms with van der Waals surface area (Å²) >= 11 is 9.34. The van der Waals surface area contributed by atoms with E-state index < -0.39 is 0 Å². The van der Waals surface area contributed by atoms with E-state index in [2.05, 4.69) is 21.2 Å². The number of nitrogen functional groups attached to an aromatic ring is 1. The van der Waals surface area contributed by atoms with Gasteiger partial charge in [-0.2, -0.15) is 0 Å². The summed E-state index contributed by atoms with van der Waals surface area (Å²) in [6.45, 7) is 1.80. The van der Waals surface area contributed by atoms with Gasteiger partial charge in [0.1, 0.15) is 5.75 Å². The number of nitrogens with two attached hydrogens (primary N) is 1. The summed E-state index contributed by atoms with van der Waals surface area (Å²) in [7, 11) is 0. The third-order valence-corrected chi connectivity index (χ3v) is 3.68. The van der Waals surface area contributed by atoms with Crippen molar-refractivity contribution in [1.82, 2.24) is 0 Å². The van der Waals surface area contributed by atoms with E-state index in [-0.39, 0.29) is 12.5 Å². The van der Waals surface area contributed by atoms with Gasteiger partial charge in [0, 0.05) is 10.2 Å². The molecule has 2 aromatic carbocycles. The fourth-order valence-electron chi connectivity index (χ4n) is 1.68. The molecule has 2 aromatic rings. The van der Waals surface area contributed by atoms with Crippen molar-refractivity contribution in [2.45, 2.75) is 6.92 Å². The molecule has 4 nitrogen and oxygen atoms in total. The van der Waals surface area contributed by atoms with Gasteiger partial charge < -0.3 is 15.8 Å². The average molecular weight is 370 g/mol. The second-order valence-electron chi connectivity index (χ2n) is 4.51. The Hall–Kier alpha value is -1.72. The molecule has 0 aliphatic heterocycles. The number of carbonyl (C=O) groups is 1. The van der Waals surface area contributed by atoms with Crippen LogP contribution in [0.3, 0.4) is 0 Å². The minimum atomic E-state index is -0.280. The van der Waals surface area contributed by atoms with E-state index in [1.54, 1.807) is 30.3 Å². The first-order valence-electron chi connectivity index (χ1n) is 6.19.